The van der Waals surface area contributed by atoms with Gasteiger partial charge in [0.05, 0.1) is 4.92 Å². The van der Waals surface area contributed by atoms with Gasteiger partial charge in [-0.3, -0.25) is 15.0 Å². The highest BCUT2D eigenvalue weighted by Gasteiger charge is 2.09. The van der Waals surface area contributed by atoms with Gasteiger partial charge in [-0.05, 0) is 6.07 Å². The number of para-hydroxylation sites is 1. The van der Waals surface area contributed by atoms with Gasteiger partial charge in [-0.1, -0.05) is 24.0 Å². The number of nitro benzene ring substituents is 1. The quantitative estimate of drug-likeness (QED) is 0.427. The second kappa shape index (κ2) is 4.97. The fourth-order valence-electron chi connectivity index (χ4n) is 0.912. The van der Waals surface area contributed by atoms with Gasteiger partial charge in [0.1, 0.15) is 12.2 Å². The normalized spacial score (nSPS) is 8.93. The molecule has 0 amide bonds. The Kier molecular flexibility index (Phi) is 3.61. The van der Waals surface area contributed by atoms with Crippen molar-refractivity contribution in [2.24, 2.45) is 5.90 Å². The maximum absolute atomic E-state index is 10.5. The van der Waals surface area contributed by atoms with E-state index in [1.54, 1.807) is 18.2 Å². The van der Waals surface area contributed by atoms with Crippen LogP contribution in [0.4, 0.5) is 5.69 Å². The van der Waals surface area contributed by atoms with Crippen LogP contribution in [0.15, 0.2) is 24.3 Å². The molecule has 0 saturated heterocycles. The summed E-state index contributed by atoms with van der Waals surface area (Å²) in [5.74, 6) is 9.90. The fraction of sp³-hybridized carbons (Fsp3) is 0.111. The molecule has 0 atom stereocenters. The summed E-state index contributed by atoms with van der Waals surface area (Å²) in [6, 6.07) is 6.23. The van der Waals surface area contributed by atoms with E-state index in [0.29, 0.717) is 5.56 Å². The molecule has 0 spiro atoms. The van der Waals surface area contributed by atoms with Crippen LogP contribution in [-0.2, 0) is 4.84 Å². The molecule has 0 aliphatic rings. The van der Waals surface area contributed by atoms with Crippen LogP contribution < -0.4 is 5.90 Å². The number of nitrogens with two attached hydrogens (primary N) is 1. The van der Waals surface area contributed by atoms with Crippen molar-refractivity contribution in [1.29, 1.82) is 0 Å². The molecule has 5 heteroatoms. The van der Waals surface area contributed by atoms with Gasteiger partial charge in [-0.15, -0.1) is 0 Å². The summed E-state index contributed by atoms with van der Waals surface area (Å²) in [6.07, 6.45) is 0. The maximum Gasteiger partial charge on any atom is 0.284 e. The summed E-state index contributed by atoms with van der Waals surface area (Å²) in [5, 5.41) is 10.5. The topological polar surface area (TPSA) is 78.4 Å². The number of nitrogens with zero attached hydrogens (tertiary/aromatic N) is 1. The zero-order valence-corrected chi connectivity index (χ0v) is 7.27. The molecule has 1 rings (SSSR count). The minimum absolute atomic E-state index is 0.0166. The number of nitro groups is 1. The molecule has 14 heavy (non-hydrogen) atoms. The second-order valence-electron chi connectivity index (χ2n) is 2.39. The molecule has 0 aliphatic carbocycles. The van der Waals surface area contributed by atoms with Crippen molar-refractivity contribution >= 4 is 5.69 Å². The van der Waals surface area contributed by atoms with Gasteiger partial charge >= 0.3 is 0 Å². The van der Waals surface area contributed by atoms with Crippen LogP contribution in [0.5, 0.6) is 0 Å². The van der Waals surface area contributed by atoms with E-state index in [1.165, 1.54) is 6.07 Å². The zero-order chi connectivity index (χ0) is 10.4. The van der Waals surface area contributed by atoms with Crippen LogP contribution in [0.25, 0.3) is 0 Å². The lowest BCUT2D eigenvalue weighted by atomic mass is 10.2. The van der Waals surface area contributed by atoms with E-state index >= 15 is 0 Å². The lowest BCUT2D eigenvalue weighted by Gasteiger charge is -1.93. The third-order valence-electron chi connectivity index (χ3n) is 1.48. The Bertz CT molecular complexity index is 393. The molecule has 0 aromatic heterocycles. The zero-order valence-electron chi connectivity index (χ0n) is 7.27. The molecule has 0 saturated carbocycles. The highest BCUT2D eigenvalue weighted by atomic mass is 16.6. The summed E-state index contributed by atoms with van der Waals surface area (Å²) < 4.78 is 0. The van der Waals surface area contributed by atoms with Gasteiger partial charge in [-0.2, -0.15) is 0 Å². The lowest BCUT2D eigenvalue weighted by Crippen LogP contribution is -1.98. The highest BCUT2D eigenvalue weighted by Crippen LogP contribution is 2.15. The smallest absolute Gasteiger partial charge is 0.284 e. The molecule has 2 N–H and O–H groups in total. The molecule has 0 fully saturated rings. The molecule has 0 radical (unpaired) electrons. The number of hydrogen-bond donors (Lipinski definition) is 1. The molecule has 0 bridgehead atoms. The first kappa shape index (κ1) is 10.2. The van der Waals surface area contributed by atoms with Crippen LogP contribution in [0.1, 0.15) is 5.56 Å². The van der Waals surface area contributed by atoms with Crippen LogP contribution in [0, 0.1) is 22.0 Å². The summed E-state index contributed by atoms with van der Waals surface area (Å²) in [5.41, 5.74) is 0.339. The van der Waals surface area contributed by atoms with Crippen molar-refractivity contribution in [1.82, 2.24) is 0 Å². The third-order valence-corrected chi connectivity index (χ3v) is 1.48. The largest absolute Gasteiger partial charge is 0.292 e. The average molecular weight is 192 g/mol. The molecule has 1 aromatic rings. The van der Waals surface area contributed by atoms with E-state index in [2.05, 4.69) is 16.7 Å². The molecule has 0 unspecified atom stereocenters. The van der Waals surface area contributed by atoms with Crippen LogP contribution in [-0.4, -0.2) is 11.5 Å². The summed E-state index contributed by atoms with van der Waals surface area (Å²) in [7, 11) is 0. The minimum atomic E-state index is -0.479. The van der Waals surface area contributed by atoms with Gasteiger partial charge < -0.3 is 0 Å². The predicted molar refractivity (Wildman–Crippen MR) is 50.1 cm³/mol. The standard InChI is InChI=1S/C9H8N2O3/c10-14-7-3-5-8-4-1-2-6-9(8)11(12)13/h1-2,4,6H,7,10H2. The molecule has 0 heterocycles. The monoisotopic (exact) mass is 192 g/mol. The van der Waals surface area contributed by atoms with E-state index in [-0.39, 0.29) is 12.3 Å². The highest BCUT2D eigenvalue weighted by molar-refractivity contribution is 5.50. The third kappa shape index (κ3) is 2.55. The van der Waals surface area contributed by atoms with E-state index in [4.69, 9.17) is 5.90 Å². The summed E-state index contributed by atoms with van der Waals surface area (Å²) >= 11 is 0. The Labute approximate surface area is 80.6 Å². The van der Waals surface area contributed by atoms with E-state index in [0.717, 1.165) is 0 Å². The predicted octanol–water partition coefficient (Wildman–Crippen LogP) is 0.837. The Morgan fingerprint density at radius 1 is 1.50 bits per heavy atom. The van der Waals surface area contributed by atoms with Gasteiger partial charge in [0.2, 0.25) is 0 Å². The molecule has 72 valence electrons. The van der Waals surface area contributed by atoms with Crippen molar-refractivity contribution in [3.05, 3.63) is 39.9 Å². The van der Waals surface area contributed by atoms with Crippen LogP contribution in [0.3, 0.4) is 0 Å². The number of benzene rings is 1. The van der Waals surface area contributed by atoms with Crippen molar-refractivity contribution < 1.29 is 9.76 Å². The number of rotatable bonds is 2. The fourth-order valence-corrected chi connectivity index (χ4v) is 0.912. The van der Waals surface area contributed by atoms with E-state index in [1.807, 2.05) is 0 Å². The van der Waals surface area contributed by atoms with Gasteiger partial charge in [-0.25, -0.2) is 5.90 Å². The van der Waals surface area contributed by atoms with Crippen molar-refractivity contribution in [3.63, 3.8) is 0 Å². The SMILES string of the molecule is NOCC#Cc1ccccc1[N+](=O)[O-]. The first-order valence-corrected chi connectivity index (χ1v) is 3.79. The molecule has 5 nitrogen and oxygen atoms in total. The van der Waals surface area contributed by atoms with Crippen molar-refractivity contribution in [2.45, 2.75) is 0 Å². The van der Waals surface area contributed by atoms with Gasteiger partial charge in [0, 0.05) is 6.07 Å². The van der Waals surface area contributed by atoms with Gasteiger partial charge in [0.15, 0.2) is 0 Å². The minimum Gasteiger partial charge on any atom is -0.292 e. The lowest BCUT2D eigenvalue weighted by molar-refractivity contribution is -0.385. The van der Waals surface area contributed by atoms with Gasteiger partial charge in [0.25, 0.3) is 5.69 Å². The van der Waals surface area contributed by atoms with Crippen molar-refractivity contribution in [3.8, 4) is 11.8 Å². The Hall–Kier alpha value is -1.90. The molecule has 1 aromatic carbocycles. The molecule has 0 aliphatic heterocycles. The van der Waals surface area contributed by atoms with Crippen molar-refractivity contribution in [2.75, 3.05) is 6.61 Å². The summed E-state index contributed by atoms with van der Waals surface area (Å²) in [6.45, 7) is 0.0477. The van der Waals surface area contributed by atoms with Crippen LogP contribution >= 0.6 is 0 Å². The first-order chi connectivity index (χ1) is 6.75. The molecular weight excluding hydrogens is 184 g/mol. The molecular formula is C9H8N2O3. The number of hydrogen-bond acceptors (Lipinski definition) is 4. The average Bonchev–Trinajstić information content (AvgIpc) is 2.19. The maximum atomic E-state index is 10.5. The Balaban J connectivity index is 2.97. The van der Waals surface area contributed by atoms with E-state index < -0.39 is 4.92 Å². The van der Waals surface area contributed by atoms with Crippen LogP contribution in [0.2, 0.25) is 0 Å². The Morgan fingerprint density at radius 2 is 2.21 bits per heavy atom. The second-order valence-corrected chi connectivity index (χ2v) is 2.39. The first-order valence-electron chi connectivity index (χ1n) is 3.79. The summed E-state index contributed by atoms with van der Waals surface area (Å²) in [4.78, 5) is 14.3. The Morgan fingerprint density at radius 3 is 2.86 bits per heavy atom. The van der Waals surface area contributed by atoms with E-state index in [9.17, 15) is 10.1 Å².